The first kappa shape index (κ1) is 27.2. The van der Waals surface area contributed by atoms with E-state index in [0.29, 0.717) is 39.6 Å². The lowest BCUT2D eigenvalue weighted by atomic mass is 10.3. The Morgan fingerprint density at radius 2 is 1.15 bits per heavy atom. The molecule has 27 heavy (non-hydrogen) atoms. The van der Waals surface area contributed by atoms with Crippen molar-refractivity contribution in [2.75, 3.05) is 39.6 Å². The molecule has 1 atom stereocenters. The highest BCUT2D eigenvalue weighted by Crippen LogP contribution is 2.26. The van der Waals surface area contributed by atoms with Gasteiger partial charge in [-0.2, -0.15) is 0 Å². The number of nitrogens with two attached hydrogens (primary N) is 2. The lowest BCUT2D eigenvalue weighted by molar-refractivity contribution is 0.0704. The first-order valence-electron chi connectivity index (χ1n) is 10.6. The van der Waals surface area contributed by atoms with Crippen LogP contribution in [0.5, 0.6) is 0 Å². The van der Waals surface area contributed by atoms with Crippen molar-refractivity contribution in [3.05, 3.63) is 0 Å². The van der Waals surface area contributed by atoms with Crippen molar-refractivity contribution in [2.24, 2.45) is 11.5 Å². The van der Waals surface area contributed by atoms with Crippen molar-refractivity contribution in [1.29, 1.82) is 0 Å². The molecule has 0 aromatic carbocycles. The molecule has 0 saturated heterocycles. The molecule has 0 fully saturated rings. The molecule has 0 aliphatic rings. The summed E-state index contributed by atoms with van der Waals surface area (Å²) in [5, 5.41) is 0. The van der Waals surface area contributed by atoms with Crippen molar-refractivity contribution in [2.45, 2.75) is 78.1 Å². The minimum Gasteiger partial charge on any atom is -0.394 e. The highest BCUT2D eigenvalue weighted by atomic mass is 28.4. The molecule has 4 N–H and O–H groups in total. The maximum atomic E-state index is 6.63. The Kier molecular flexibility index (Phi) is 16.1. The van der Waals surface area contributed by atoms with Crippen LogP contribution in [-0.4, -0.2) is 62.6 Å². The first-order chi connectivity index (χ1) is 13.0. The fourth-order valence-corrected chi connectivity index (χ4v) is 9.52. The van der Waals surface area contributed by atoms with Crippen molar-refractivity contribution in [1.82, 2.24) is 0 Å². The van der Waals surface area contributed by atoms with Gasteiger partial charge in [0.05, 0.1) is 0 Å². The summed E-state index contributed by atoms with van der Waals surface area (Å²) >= 11 is 0. The van der Waals surface area contributed by atoms with Crippen LogP contribution < -0.4 is 11.5 Å². The summed E-state index contributed by atoms with van der Waals surface area (Å²) in [6.07, 6.45) is 3.65. The molecule has 1 unspecified atom stereocenters. The molecule has 0 radical (unpaired) electrons. The minimum absolute atomic E-state index is 0.0910. The van der Waals surface area contributed by atoms with Gasteiger partial charge >= 0.3 is 17.4 Å². The third-order valence-corrected chi connectivity index (χ3v) is 11.6. The molecule has 0 aromatic heterocycles. The van der Waals surface area contributed by atoms with Crippen LogP contribution >= 0.6 is 0 Å². The predicted octanol–water partition coefficient (Wildman–Crippen LogP) is 2.94. The predicted molar refractivity (Wildman–Crippen MR) is 115 cm³/mol. The van der Waals surface area contributed by atoms with Crippen LogP contribution in [0, 0.1) is 0 Å². The largest absolute Gasteiger partial charge is 0.500 e. The van der Waals surface area contributed by atoms with Gasteiger partial charge in [0.15, 0.2) is 0 Å². The standard InChI is InChI=1S/C18H44N2O5Si2/c1-6-21-26(22-7-2,16-12-11-15-19)18(20)14-13-17-27(23-8-3,24-9-4)25-10-5/h18H,6-17,19-20H2,1-5H3. The zero-order valence-electron chi connectivity index (χ0n) is 18.3. The normalized spacial score (nSPS) is 13.9. The summed E-state index contributed by atoms with van der Waals surface area (Å²) in [5.74, 6) is 0. The van der Waals surface area contributed by atoms with Gasteiger partial charge in [-0.05, 0) is 66.5 Å². The van der Waals surface area contributed by atoms with Crippen LogP contribution in [0.4, 0.5) is 0 Å². The molecule has 164 valence electrons. The summed E-state index contributed by atoms with van der Waals surface area (Å²) < 4.78 is 30.2. The van der Waals surface area contributed by atoms with E-state index in [0.717, 1.165) is 37.8 Å². The Labute approximate surface area is 169 Å². The van der Waals surface area contributed by atoms with E-state index in [1.807, 2.05) is 34.6 Å². The van der Waals surface area contributed by atoms with Crippen LogP contribution in [0.25, 0.3) is 0 Å². The molecule has 0 bridgehead atoms. The fourth-order valence-electron chi connectivity index (χ4n) is 3.35. The highest BCUT2D eigenvalue weighted by molar-refractivity contribution is 6.69. The van der Waals surface area contributed by atoms with Gasteiger partial charge in [0.2, 0.25) is 0 Å². The van der Waals surface area contributed by atoms with Crippen LogP contribution in [-0.2, 0) is 22.1 Å². The average molecular weight is 425 g/mol. The van der Waals surface area contributed by atoms with Crippen LogP contribution in [0.15, 0.2) is 0 Å². The fraction of sp³-hybridized carbons (Fsp3) is 1.00. The van der Waals surface area contributed by atoms with Crippen molar-refractivity contribution >= 4 is 17.4 Å². The second kappa shape index (κ2) is 16.0. The topological polar surface area (TPSA) is 98.2 Å². The number of unbranched alkanes of at least 4 members (excludes halogenated alkanes) is 1. The number of hydrogen-bond acceptors (Lipinski definition) is 7. The molecule has 0 saturated carbocycles. The van der Waals surface area contributed by atoms with Gasteiger partial charge < -0.3 is 33.6 Å². The van der Waals surface area contributed by atoms with Crippen LogP contribution in [0.2, 0.25) is 12.1 Å². The second-order valence-corrected chi connectivity index (χ2v) is 12.6. The zero-order valence-corrected chi connectivity index (χ0v) is 20.3. The van der Waals surface area contributed by atoms with E-state index in [4.69, 9.17) is 33.6 Å². The van der Waals surface area contributed by atoms with Crippen LogP contribution in [0.3, 0.4) is 0 Å². The van der Waals surface area contributed by atoms with Gasteiger partial charge in [0.25, 0.3) is 0 Å². The van der Waals surface area contributed by atoms with E-state index in [2.05, 4.69) is 0 Å². The Morgan fingerprint density at radius 1 is 0.667 bits per heavy atom. The van der Waals surface area contributed by atoms with Gasteiger partial charge in [0.1, 0.15) is 0 Å². The summed E-state index contributed by atoms with van der Waals surface area (Å²) in [7, 11) is -5.10. The summed E-state index contributed by atoms with van der Waals surface area (Å²) in [6, 6.07) is 1.65. The van der Waals surface area contributed by atoms with Gasteiger partial charge in [-0.25, -0.2) is 0 Å². The van der Waals surface area contributed by atoms with Crippen LogP contribution in [0.1, 0.15) is 60.3 Å². The smallest absolute Gasteiger partial charge is 0.394 e. The molecule has 0 aliphatic heterocycles. The molecule has 0 amide bonds. The monoisotopic (exact) mass is 424 g/mol. The molecular weight excluding hydrogens is 380 g/mol. The third kappa shape index (κ3) is 9.95. The summed E-state index contributed by atoms with van der Waals surface area (Å²) in [6.45, 7) is 13.7. The van der Waals surface area contributed by atoms with E-state index in [9.17, 15) is 0 Å². The Morgan fingerprint density at radius 3 is 1.56 bits per heavy atom. The number of rotatable bonds is 19. The minimum atomic E-state index is -2.63. The molecule has 7 nitrogen and oxygen atoms in total. The van der Waals surface area contributed by atoms with E-state index in [1.165, 1.54) is 0 Å². The molecule has 0 aliphatic carbocycles. The zero-order chi connectivity index (χ0) is 20.6. The SMILES string of the molecule is CCO[Si](CCCC(N)[Si](CCCCN)(OCC)OCC)(OCC)OCC. The van der Waals surface area contributed by atoms with Crippen molar-refractivity contribution in [3.8, 4) is 0 Å². The Balaban J connectivity index is 4.99. The average Bonchev–Trinajstić information content (AvgIpc) is 2.62. The Bertz CT molecular complexity index is 331. The maximum Gasteiger partial charge on any atom is 0.500 e. The Hall–Kier alpha value is 0.154. The third-order valence-electron chi connectivity index (χ3n) is 4.41. The summed E-state index contributed by atoms with van der Waals surface area (Å²) in [5.41, 5.74) is 12.2. The van der Waals surface area contributed by atoms with Gasteiger partial charge in [0, 0.05) is 44.7 Å². The molecular formula is C18H44N2O5Si2. The van der Waals surface area contributed by atoms with Crippen molar-refractivity contribution < 1.29 is 22.1 Å². The maximum absolute atomic E-state index is 6.63. The van der Waals surface area contributed by atoms with E-state index in [-0.39, 0.29) is 5.67 Å². The quantitative estimate of drug-likeness (QED) is 0.243. The molecule has 0 aromatic rings. The second-order valence-electron chi connectivity index (χ2n) is 6.40. The van der Waals surface area contributed by atoms with Gasteiger partial charge in [-0.15, -0.1) is 0 Å². The highest BCUT2D eigenvalue weighted by Gasteiger charge is 2.45. The van der Waals surface area contributed by atoms with Gasteiger partial charge in [-0.1, -0.05) is 6.42 Å². The molecule has 9 heteroatoms. The molecule has 0 heterocycles. The number of hydrogen-bond donors (Lipinski definition) is 2. The van der Waals surface area contributed by atoms with Gasteiger partial charge in [-0.3, -0.25) is 0 Å². The lowest BCUT2D eigenvalue weighted by Gasteiger charge is -2.36. The summed E-state index contributed by atoms with van der Waals surface area (Å²) in [4.78, 5) is 0. The van der Waals surface area contributed by atoms with E-state index < -0.39 is 17.4 Å². The molecule has 0 rings (SSSR count). The van der Waals surface area contributed by atoms with E-state index in [1.54, 1.807) is 0 Å². The molecule has 0 spiro atoms. The van der Waals surface area contributed by atoms with Crippen molar-refractivity contribution in [3.63, 3.8) is 0 Å². The first-order valence-corrected chi connectivity index (χ1v) is 14.7. The van der Waals surface area contributed by atoms with E-state index >= 15 is 0 Å². The lowest BCUT2D eigenvalue weighted by Crippen LogP contribution is -2.58.